The molecule has 28 heavy (non-hydrogen) atoms. The fourth-order valence-electron chi connectivity index (χ4n) is 3.71. The lowest BCUT2D eigenvalue weighted by Gasteiger charge is -2.39. The summed E-state index contributed by atoms with van der Waals surface area (Å²) in [6.45, 7) is 2.04. The molecule has 2 N–H and O–H groups in total. The molecule has 0 saturated heterocycles. The van der Waals surface area contributed by atoms with E-state index >= 15 is 0 Å². The van der Waals surface area contributed by atoms with Crippen molar-refractivity contribution in [1.82, 2.24) is 0 Å². The Morgan fingerprint density at radius 3 is 2.36 bits per heavy atom. The number of nitrogens with one attached hydrogen (secondary N) is 2. The third-order valence-electron chi connectivity index (χ3n) is 5.02. The highest BCUT2D eigenvalue weighted by atomic mass is 19.1. The Balaban J connectivity index is 1.60. The first-order valence-corrected chi connectivity index (χ1v) is 9.38. The number of amides is 2. The topological polar surface area (TPSA) is 44.4 Å². The molecule has 0 bridgehead atoms. The number of urea groups is 1. The number of rotatable bonds is 3. The third kappa shape index (κ3) is 3.69. The lowest BCUT2D eigenvalue weighted by atomic mass is 9.91. The number of carbonyl (C=O) groups is 1. The van der Waals surface area contributed by atoms with Gasteiger partial charge in [0.05, 0.1) is 11.7 Å². The number of anilines is 3. The molecule has 2 atom stereocenters. The van der Waals surface area contributed by atoms with Gasteiger partial charge in [-0.15, -0.1) is 0 Å². The van der Waals surface area contributed by atoms with E-state index in [1.54, 1.807) is 17.0 Å². The van der Waals surface area contributed by atoms with Crippen LogP contribution in [-0.4, -0.2) is 12.1 Å². The molecule has 0 saturated carbocycles. The van der Waals surface area contributed by atoms with E-state index in [2.05, 4.69) is 16.7 Å². The standard InChI is InChI=1S/C23H22FN3O/c1-16-15-21(25-18-7-3-2-4-8-18)20-9-5-6-10-22(20)27(16)23(28)26-19-13-11-17(24)12-14-19/h2-14,16,21,25H,15H2,1H3,(H,26,28)/t16-,21+/m0/s1. The lowest BCUT2D eigenvalue weighted by Crippen LogP contribution is -2.46. The number of hydrogen-bond acceptors (Lipinski definition) is 2. The van der Waals surface area contributed by atoms with E-state index in [0.29, 0.717) is 5.69 Å². The van der Waals surface area contributed by atoms with Crippen LogP contribution in [0.4, 0.5) is 26.2 Å². The van der Waals surface area contributed by atoms with Gasteiger partial charge in [-0.1, -0.05) is 36.4 Å². The molecular weight excluding hydrogens is 353 g/mol. The van der Waals surface area contributed by atoms with Crippen molar-refractivity contribution in [2.75, 3.05) is 15.5 Å². The molecule has 0 fully saturated rings. The number of fused-ring (bicyclic) bond motifs is 1. The molecule has 3 aromatic carbocycles. The second-order valence-electron chi connectivity index (χ2n) is 7.01. The van der Waals surface area contributed by atoms with Crippen LogP contribution in [0, 0.1) is 5.82 Å². The molecule has 0 spiro atoms. The van der Waals surface area contributed by atoms with Gasteiger partial charge >= 0.3 is 6.03 Å². The fourth-order valence-corrected chi connectivity index (χ4v) is 3.71. The molecule has 4 nitrogen and oxygen atoms in total. The number of carbonyl (C=O) groups excluding carboxylic acids is 1. The third-order valence-corrected chi connectivity index (χ3v) is 5.02. The fraction of sp³-hybridized carbons (Fsp3) is 0.174. The summed E-state index contributed by atoms with van der Waals surface area (Å²) in [6.07, 6.45) is 0.781. The number of benzene rings is 3. The number of nitrogens with zero attached hydrogens (tertiary/aromatic N) is 1. The molecule has 0 aliphatic carbocycles. The van der Waals surface area contributed by atoms with Gasteiger partial charge in [0.25, 0.3) is 0 Å². The van der Waals surface area contributed by atoms with E-state index in [0.717, 1.165) is 23.4 Å². The Morgan fingerprint density at radius 2 is 1.61 bits per heavy atom. The quantitative estimate of drug-likeness (QED) is 0.607. The number of halogens is 1. The molecule has 5 heteroatoms. The SMILES string of the molecule is C[C@H]1C[C@@H](Nc2ccccc2)c2ccccc2N1C(=O)Nc1ccc(F)cc1. The van der Waals surface area contributed by atoms with Gasteiger partial charge in [0.2, 0.25) is 0 Å². The highest BCUT2D eigenvalue weighted by Gasteiger charge is 2.33. The minimum atomic E-state index is -0.329. The van der Waals surface area contributed by atoms with Crippen molar-refractivity contribution in [3.63, 3.8) is 0 Å². The van der Waals surface area contributed by atoms with Crippen molar-refractivity contribution in [3.8, 4) is 0 Å². The van der Waals surface area contributed by atoms with Crippen LogP contribution < -0.4 is 15.5 Å². The monoisotopic (exact) mass is 375 g/mol. The molecule has 3 aromatic rings. The summed E-state index contributed by atoms with van der Waals surface area (Å²) in [7, 11) is 0. The van der Waals surface area contributed by atoms with Crippen LogP contribution in [0.1, 0.15) is 24.9 Å². The van der Waals surface area contributed by atoms with E-state index in [4.69, 9.17) is 0 Å². The van der Waals surface area contributed by atoms with Gasteiger partial charge in [0.15, 0.2) is 0 Å². The zero-order valence-corrected chi connectivity index (χ0v) is 15.6. The molecule has 1 heterocycles. The summed E-state index contributed by atoms with van der Waals surface area (Å²) in [5, 5.41) is 6.46. The maximum Gasteiger partial charge on any atom is 0.326 e. The molecule has 2 amide bonds. The Labute approximate surface area is 164 Å². The largest absolute Gasteiger partial charge is 0.378 e. The molecule has 1 aliphatic heterocycles. The van der Waals surface area contributed by atoms with Crippen LogP contribution in [0.15, 0.2) is 78.9 Å². The van der Waals surface area contributed by atoms with E-state index in [9.17, 15) is 9.18 Å². The van der Waals surface area contributed by atoms with Gasteiger partial charge in [-0.05, 0) is 61.4 Å². The van der Waals surface area contributed by atoms with Crippen LogP contribution in [0.25, 0.3) is 0 Å². The average molecular weight is 375 g/mol. The minimum Gasteiger partial charge on any atom is -0.378 e. The minimum absolute atomic E-state index is 0.00318. The molecule has 0 aromatic heterocycles. The van der Waals surface area contributed by atoms with Crippen molar-refractivity contribution < 1.29 is 9.18 Å². The van der Waals surface area contributed by atoms with Crippen molar-refractivity contribution >= 4 is 23.1 Å². The molecule has 0 radical (unpaired) electrons. The molecule has 0 unspecified atom stereocenters. The normalized spacial score (nSPS) is 18.3. The second-order valence-corrected chi connectivity index (χ2v) is 7.01. The summed E-state index contributed by atoms with van der Waals surface area (Å²) in [5.41, 5.74) is 3.59. The van der Waals surface area contributed by atoms with Gasteiger partial charge in [-0.2, -0.15) is 0 Å². The zero-order valence-electron chi connectivity index (χ0n) is 15.6. The maximum atomic E-state index is 13.1. The van der Waals surface area contributed by atoms with Crippen molar-refractivity contribution in [2.45, 2.75) is 25.4 Å². The Hall–Kier alpha value is -3.34. The van der Waals surface area contributed by atoms with Gasteiger partial charge in [-0.3, -0.25) is 4.90 Å². The molecule has 1 aliphatic rings. The maximum absolute atomic E-state index is 13.1. The second kappa shape index (κ2) is 7.72. The Morgan fingerprint density at radius 1 is 0.929 bits per heavy atom. The van der Waals surface area contributed by atoms with Gasteiger partial charge < -0.3 is 10.6 Å². The van der Waals surface area contributed by atoms with E-state index < -0.39 is 0 Å². The van der Waals surface area contributed by atoms with E-state index in [-0.39, 0.29) is 23.9 Å². The van der Waals surface area contributed by atoms with Crippen molar-refractivity contribution in [2.24, 2.45) is 0 Å². The van der Waals surface area contributed by atoms with E-state index in [1.807, 2.05) is 55.5 Å². The molecule has 4 rings (SSSR count). The van der Waals surface area contributed by atoms with Crippen molar-refractivity contribution in [3.05, 3.63) is 90.2 Å². The van der Waals surface area contributed by atoms with Gasteiger partial charge in [0.1, 0.15) is 5.82 Å². The predicted molar refractivity (Wildman–Crippen MR) is 111 cm³/mol. The lowest BCUT2D eigenvalue weighted by molar-refractivity contribution is 0.254. The van der Waals surface area contributed by atoms with Crippen LogP contribution in [-0.2, 0) is 0 Å². The first-order chi connectivity index (χ1) is 13.6. The summed E-state index contributed by atoms with van der Waals surface area (Å²) >= 11 is 0. The van der Waals surface area contributed by atoms with Crippen LogP contribution >= 0.6 is 0 Å². The summed E-state index contributed by atoms with van der Waals surface area (Å²) in [5.74, 6) is -0.329. The Bertz CT molecular complexity index is 959. The van der Waals surface area contributed by atoms with E-state index in [1.165, 1.54) is 12.1 Å². The first-order valence-electron chi connectivity index (χ1n) is 9.38. The summed E-state index contributed by atoms with van der Waals surface area (Å²) in [6, 6.07) is 23.7. The number of para-hydroxylation sites is 2. The van der Waals surface area contributed by atoms with Crippen LogP contribution in [0.3, 0.4) is 0 Å². The molecule has 142 valence electrons. The van der Waals surface area contributed by atoms with Crippen LogP contribution in [0.5, 0.6) is 0 Å². The number of hydrogen-bond donors (Lipinski definition) is 2. The highest BCUT2D eigenvalue weighted by molar-refractivity contribution is 6.03. The smallest absolute Gasteiger partial charge is 0.326 e. The van der Waals surface area contributed by atoms with Gasteiger partial charge in [-0.25, -0.2) is 9.18 Å². The first kappa shape index (κ1) is 18.0. The average Bonchev–Trinajstić information content (AvgIpc) is 2.70. The van der Waals surface area contributed by atoms with Crippen LogP contribution in [0.2, 0.25) is 0 Å². The summed E-state index contributed by atoms with van der Waals surface area (Å²) in [4.78, 5) is 14.8. The predicted octanol–water partition coefficient (Wildman–Crippen LogP) is 5.81. The Kier molecular flexibility index (Phi) is 4.98. The van der Waals surface area contributed by atoms with Crippen molar-refractivity contribution in [1.29, 1.82) is 0 Å². The highest BCUT2D eigenvalue weighted by Crippen LogP contribution is 2.39. The summed E-state index contributed by atoms with van der Waals surface area (Å²) < 4.78 is 13.1. The zero-order chi connectivity index (χ0) is 19.5. The van der Waals surface area contributed by atoms with Gasteiger partial charge in [0, 0.05) is 17.4 Å². The molecular formula is C23H22FN3O.